The smallest absolute Gasteiger partial charge is 0.217 e. The Kier molecular flexibility index (Phi) is 4.35. The molecule has 0 spiro atoms. The van der Waals surface area contributed by atoms with Gasteiger partial charge in [0.25, 0.3) is 0 Å². The van der Waals surface area contributed by atoms with Crippen LogP contribution in [0.2, 0.25) is 0 Å². The fourth-order valence-corrected chi connectivity index (χ4v) is 1.97. The summed E-state index contributed by atoms with van der Waals surface area (Å²) in [5.41, 5.74) is 4.90. The van der Waals surface area contributed by atoms with E-state index in [-0.39, 0.29) is 5.91 Å². The molecular formula is C17H19NO. The molecule has 0 atom stereocenters. The molecule has 19 heavy (non-hydrogen) atoms. The van der Waals surface area contributed by atoms with Crippen molar-refractivity contribution in [2.75, 3.05) is 0 Å². The number of nitrogens with one attached hydrogen (secondary N) is 1. The molecule has 2 nitrogen and oxygen atoms in total. The maximum atomic E-state index is 10.9. The number of hydrogen-bond acceptors (Lipinski definition) is 1. The number of benzene rings is 2. The van der Waals surface area contributed by atoms with E-state index in [4.69, 9.17) is 0 Å². The molecule has 0 aliphatic heterocycles. The Morgan fingerprint density at radius 1 is 0.895 bits per heavy atom. The lowest BCUT2D eigenvalue weighted by atomic mass is 10.0. The normalized spacial score (nSPS) is 10.2. The van der Waals surface area contributed by atoms with Crippen molar-refractivity contribution in [3.63, 3.8) is 0 Å². The zero-order valence-electron chi connectivity index (χ0n) is 11.4. The Labute approximate surface area is 114 Å². The van der Waals surface area contributed by atoms with Gasteiger partial charge in [-0.25, -0.2) is 0 Å². The van der Waals surface area contributed by atoms with E-state index in [0.717, 1.165) is 12.0 Å². The van der Waals surface area contributed by atoms with Gasteiger partial charge < -0.3 is 5.32 Å². The van der Waals surface area contributed by atoms with Gasteiger partial charge in [0.15, 0.2) is 0 Å². The monoisotopic (exact) mass is 253 g/mol. The fourth-order valence-electron chi connectivity index (χ4n) is 1.97. The first-order chi connectivity index (χ1) is 9.19. The third-order valence-corrected chi connectivity index (χ3v) is 3.19. The van der Waals surface area contributed by atoms with Crippen molar-refractivity contribution >= 4 is 5.91 Å². The number of amides is 1. The van der Waals surface area contributed by atoms with Crippen LogP contribution in [0.3, 0.4) is 0 Å². The molecule has 0 aliphatic rings. The van der Waals surface area contributed by atoms with Gasteiger partial charge in [0.1, 0.15) is 0 Å². The van der Waals surface area contributed by atoms with Crippen molar-refractivity contribution in [2.24, 2.45) is 0 Å². The summed E-state index contributed by atoms with van der Waals surface area (Å²) < 4.78 is 0. The first kappa shape index (κ1) is 13.3. The first-order valence-corrected chi connectivity index (χ1v) is 6.61. The molecule has 2 rings (SSSR count). The first-order valence-electron chi connectivity index (χ1n) is 6.61. The van der Waals surface area contributed by atoms with Crippen LogP contribution in [0.15, 0.2) is 48.5 Å². The second kappa shape index (κ2) is 6.19. The van der Waals surface area contributed by atoms with Crippen molar-refractivity contribution < 1.29 is 4.79 Å². The summed E-state index contributed by atoms with van der Waals surface area (Å²) in [5.74, 6) is -0.000712. The summed E-state index contributed by atoms with van der Waals surface area (Å²) in [6.07, 6.45) is 1.07. The molecule has 0 aromatic heterocycles. The van der Waals surface area contributed by atoms with E-state index in [0.29, 0.717) is 6.54 Å². The molecule has 0 saturated carbocycles. The van der Waals surface area contributed by atoms with Gasteiger partial charge in [-0.15, -0.1) is 0 Å². The van der Waals surface area contributed by atoms with E-state index in [1.807, 2.05) is 0 Å². The second-order valence-corrected chi connectivity index (χ2v) is 4.66. The molecule has 0 radical (unpaired) electrons. The minimum Gasteiger partial charge on any atom is -0.352 e. The van der Waals surface area contributed by atoms with Gasteiger partial charge in [-0.1, -0.05) is 55.5 Å². The highest BCUT2D eigenvalue weighted by atomic mass is 16.1. The number of carbonyl (C=O) groups excluding carboxylic acids is 1. The number of aryl methyl sites for hydroxylation is 1. The maximum absolute atomic E-state index is 10.9. The Morgan fingerprint density at radius 2 is 1.37 bits per heavy atom. The lowest BCUT2D eigenvalue weighted by molar-refractivity contribution is -0.119. The molecule has 0 bridgehead atoms. The van der Waals surface area contributed by atoms with E-state index < -0.39 is 0 Å². The highest BCUT2D eigenvalue weighted by molar-refractivity contribution is 5.72. The molecule has 2 aromatic carbocycles. The van der Waals surface area contributed by atoms with Crippen molar-refractivity contribution in [1.82, 2.24) is 5.32 Å². The van der Waals surface area contributed by atoms with E-state index in [9.17, 15) is 4.79 Å². The zero-order chi connectivity index (χ0) is 13.7. The van der Waals surface area contributed by atoms with Crippen LogP contribution in [0.4, 0.5) is 0 Å². The molecule has 0 heterocycles. The Hall–Kier alpha value is -2.09. The lowest BCUT2D eigenvalue weighted by Gasteiger charge is -2.06. The Bertz CT molecular complexity index is 540. The molecule has 2 heteroatoms. The molecule has 98 valence electrons. The minimum absolute atomic E-state index is 0.000712. The predicted octanol–water partition coefficient (Wildman–Crippen LogP) is 3.55. The highest BCUT2D eigenvalue weighted by Crippen LogP contribution is 2.20. The molecule has 0 saturated heterocycles. The van der Waals surface area contributed by atoms with Gasteiger partial charge in [-0.3, -0.25) is 4.79 Å². The van der Waals surface area contributed by atoms with Gasteiger partial charge in [0, 0.05) is 13.5 Å². The molecular weight excluding hydrogens is 234 g/mol. The zero-order valence-corrected chi connectivity index (χ0v) is 11.4. The van der Waals surface area contributed by atoms with Crippen LogP contribution >= 0.6 is 0 Å². The van der Waals surface area contributed by atoms with E-state index in [1.54, 1.807) is 0 Å². The minimum atomic E-state index is -0.000712. The second-order valence-electron chi connectivity index (χ2n) is 4.66. The van der Waals surface area contributed by atoms with Gasteiger partial charge in [0.2, 0.25) is 5.91 Å². The summed E-state index contributed by atoms with van der Waals surface area (Å²) in [5, 5.41) is 2.80. The van der Waals surface area contributed by atoms with Gasteiger partial charge in [-0.2, -0.15) is 0 Å². The maximum Gasteiger partial charge on any atom is 0.217 e. The molecule has 0 fully saturated rings. The topological polar surface area (TPSA) is 29.1 Å². The van der Waals surface area contributed by atoms with Crippen LogP contribution in [-0.2, 0) is 17.8 Å². The number of hydrogen-bond donors (Lipinski definition) is 1. The van der Waals surface area contributed by atoms with Crippen molar-refractivity contribution in [1.29, 1.82) is 0 Å². The van der Waals surface area contributed by atoms with E-state index in [2.05, 4.69) is 60.8 Å². The fraction of sp³-hybridized carbons (Fsp3) is 0.235. The van der Waals surface area contributed by atoms with E-state index >= 15 is 0 Å². The van der Waals surface area contributed by atoms with Crippen molar-refractivity contribution in [3.8, 4) is 11.1 Å². The SMILES string of the molecule is CCc1ccc(-c2ccc(CNC(C)=O)cc2)cc1. The van der Waals surface area contributed by atoms with Crippen LogP contribution in [0.5, 0.6) is 0 Å². The molecule has 0 unspecified atom stereocenters. The standard InChI is InChI=1S/C17H19NO/c1-3-14-4-8-16(9-5-14)17-10-6-15(7-11-17)12-18-13(2)19/h4-11H,3,12H2,1-2H3,(H,18,19). The van der Waals surface area contributed by atoms with E-state index in [1.165, 1.54) is 23.6 Å². The van der Waals surface area contributed by atoms with Crippen LogP contribution in [0.1, 0.15) is 25.0 Å². The lowest BCUT2D eigenvalue weighted by Crippen LogP contribution is -2.18. The molecule has 1 amide bonds. The summed E-state index contributed by atoms with van der Waals surface area (Å²) in [6.45, 7) is 4.28. The van der Waals surface area contributed by atoms with Gasteiger partial charge in [0.05, 0.1) is 0 Å². The van der Waals surface area contributed by atoms with Crippen LogP contribution in [-0.4, -0.2) is 5.91 Å². The van der Waals surface area contributed by atoms with Crippen LogP contribution in [0.25, 0.3) is 11.1 Å². The summed E-state index contributed by atoms with van der Waals surface area (Å²) in [7, 11) is 0. The average Bonchev–Trinajstić information content (AvgIpc) is 2.46. The summed E-state index contributed by atoms with van der Waals surface area (Å²) in [6, 6.07) is 16.9. The Morgan fingerprint density at radius 3 is 1.79 bits per heavy atom. The molecule has 0 aliphatic carbocycles. The average molecular weight is 253 g/mol. The quantitative estimate of drug-likeness (QED) is 0.887. The third kappa shape index (κ3) is 3.68. The summed E-state index contributed by atoms with van der Waals surface area (Å²) >= 11 is 0. The largest absolute Gasteiger partial charge is 0.352 e. The number of rotatable bonds is 4. The number of carbonyl (C=O) groups is 1. The Balaban J connectivity index is 2.10. The van der Waals surface area contributed by atoms with Crippen molar-refractivity contribution in [3.05, 3.63) is 59.7 Å². The molecule has 2 aromatic rings. The highest BCUT2D eigenvalue weighted by Gasteiger charge is 1.99. The predicted molar refractivity (Wildman–Crippen MR) is 78.8 cm³/mol. The third-order valence-electron chi connectivity index (χ3n) is 3.19. The molecule has 1 N–H and O–H groups in total. The van der Waals surface area contributed by atoms with Crippen LogP contribution in [0, 0.1) is 0 Å². The summed E-state index contributed by atoms with van der Waals surface area (Å²) in [4.78, 5) is 10.9. The van der Waals surface area contributed by atoms with Crippen molar-refractivity contribution in [2.45, 2.75) is 26.8 Å². The van der Waals surface area contributed by atoms with Gasteiger partial charge >= 0.3 is 0 Å². The van der Waals surface area contributed by atoms with Crippen LogP contribution < -0.4 is 5.32 Å². The van der Waals surface area contributed by atoms with Gasteiger partial charge in [-0.05, 0) is 28.7 Å².